The zero-order chi connectivity index (χ0) is 22.7. The Labute approximate surface area is 203 Å². The normalized spacial score (nSPS) is 15.1. The van der Waals surface area contributed by atoms with Crippen molar-refractivity contribution in [2.45, 2.75) is 6.61 Å². The Hall–Kier alpha value is -3.00. The van der Waals surface area contributed by atoms with Crippen molar-refractivity contribution < 1.29 is 14.3 Å². The van der Waals surface area contributed by atoms with Crippen LogP contribution in [0.2, 0.25) is 5.02 Å². The van der Waals surface area contributed by atoms with E-state index in [0.29, 0.717) is 33.1 Å². The van der Waals surface area contributed by atoms with E-state index >= 15 is 0 Å². The number of thiocarbonyl (C=S) groups is 1. The molecule has 1 aliphatic rings. The van der Waals surface area contributed by atoms with Crippen LogP contribution in [0.4, 0.5) is 5.69 Å². The molecule has 3 aromatic carbocycles. The van der Waals surface area contributed by atoms with Gasteiger partial charge in [0.2, 0.25) is 0 Å². The van der Waals surface area contributed by atoms with Crippen LogP contribution in [0.25, 0.3) is 6.08 Å². The Bertz CT molecular complexity index is 1250. The maximum atomic E-state index is 13.1. The van der Waals surface area contributed by atoms with E-state index in [0.717, 1.165) is 5.56 Å². The van der Waals surface area contributed by atoms with E-state index < -0.39 is 11.8 Å². The van der Waals surface area contributed by atoms with E-state index in [1.807, 2.05) is 24.3 Å². The van der Waals surface area contributed by atoms with Crippen LogP contribution in [0.1, 0.15) is 11.1 Å². The van der Waals surface area contributed by atoms with Gasteiger partial charge < -0.3 is 4.74 Å². The number of nitrogens with one attached hydrogen (secondary N) is 1. The van der Waals surface area contributed by atoms with Crippen LogP contribution in [0.15, 0.2) is 82.8 Å². The first kappa shape index (κ1) is 22.2. The third kappa shape index (κ3) is 4.91. The van der Waals surface area contributed by atoms with Gasteiger partial charge in [-0.2, -0.15) is 0 Å². The SMILES string of the molecule is O=C1NC(=S)N(c2ccccc2)C(=O)/C1=C\c1ccc(OCc2cccc(Cl)c2)c(Br)c1. The quantitative estimate of drug-likeness (QED) is 0.270. The van der Waals surface area contributed by atoms with Gasteiger partial charge >= 0.3 is 0 Å². The van der Waals surface area contributed by atoms with Crippen LogP contribution in [0, 0.1) is 0 Å². The highest BCUT2D eigenvalue weighted by atomic mass is 79.9. The molecule has 1 saturated heterocycles. The number of hydrogen-bond acceptors (Lipinski definition) is 4. The third-order valence-electron chi connectivity index (χ3n) is 4.67. The molecule has 32 heavy (non-hydrogen) atoms. The molecule has 0 saturated carbocycles. The number of amides is 2. The first-order valence-corrected chi connectivity index (χ1v) is 11.1. The summed E-state index contributed by atoms with van der Waals surface area (Å²) in [7, 11) is 0. The van der Waals surface area contributed by atoms with Gasteiger partial charge in [-0.1, -0.05) is 48.0 Å². The smallest absolute Gasteiger partial charge is 0.270 e. The second-order valence-electron chi connectivity index (χ2n) is 6.90. The number of carbonyl (C=O) groups excluding carboxylic acids is 2. The zero-order valence-electron chi connectivity index (χ0n) is 16.5. The highest BCUT2D eigenvalue weighted by Gasteiger charge is 2.34. The summed E-state index contributed by atoms with van der Waals surface area (Å²) in [6.45, 7) is 0.351. The summed E-state index contributed by atoms with van der Waals surface area (Å²) in [6, 6.07) is 21.7. The van der Waals surface area contributed by atoms with Crippen LogP contribution < -0.4 is 15.0 Å². The highest BCUT2D eigenvalue weighted by Crippen LogP contribution is 2.29. The van der Waals surface area contributed by atoms with Gasteiger partial charge in [-0.3, -0.25) is 19.8 Å². The summed E-state index contributed by atoms with van der Waals surface area (Å²) >= 11 is 14.7. The van der Waals surface area contributed by atoms with Crippen LogP contribution in [0.5, 0.6) is 5.75 Å². The number of ether oxygens (including phenoxy) is 1. The minimum absolute atomic E-state index is 0.0121. The predicted molar refractivity (Wildman–Crippen MR) is 133 cm³/mol. The van der Waals surface area contributed by atoms with Gasteiger partial charge in [0.25, 0.3) is 11.8 Å². The van der Waals surface area contributed by atoms with Crippen LogP contribution >= 0.6 is 39.7 Å². The van der Waals surface area contributed by atoms with E-state index in [1.165, 1.54) is 11.0 Å². The van der Waals surface area contributed by atoms with Gasteiger partial charge in [0.1, 0.15) is 17.9 Å². The zero-order valence-corrected chi connectivity index (χ0v) is 19.7. The maximum Gasteiger partial charge on any atom is 0.270 e. The van der Waals surface area contributed by atoms with Crippen molar-refractivity contribution in [2.75, 3.05) is 4.90 Å². The summed E-state index contributed by atoms with van der Waals surface area (Å²) in [5, 5.41) is 3.27. The topological polar surface area (TPSA) is 58.6 Å². The summed E-state index contributed by atoms with van der Waals surface area (Å²) in [6.07, 6.45) is 1.53. The molecule has 5 nitrogen and oxygen atoms in total. The second kappa shape index (κ2) is 9.65. The lowest BCUT2D eigenvalue weighted by Gasteiger charge is -2.28. The minimum Gasteiger partial charge on any atom is -0.488 e. The van der Waals surface area contributed by atoms with Crippen LogP contribution in [-0.4, -0.2) is 16.9 Å². The van der Waals surface area contributed by atoms with Gasteiger partial charge in [0, 0.05) is 5.02 Å². The third-order valence-corrected chi connectivity index (χ3v) is 5.81. The van der Waals surface area contributed by atoms with Crippen molar-refractivity contribution in [3.63, 3.8) is 0 Å². The predicted octanol–water partition coefficient (Wildman–Crippen LogP) is 5.51. The van der Waals surface area contributed by atoms with E-state index in [4.69, 9.17) is 28.6 Å². The van der Waals surface area contributed by atoms with Gasteiger partial charge in [-0.05, 0) is 81.7 Å². The lowest BCUT2D eigenvalue weighted by molar-refractivity contribution is -0.122. The second-order valence-corrected chi connectivity index (χ2v) is 8.58. The highest BCUT2D eigenvalue weighted by molar-refractivity contribution is 9.10. The van der Waals surface area contributed by atoms with Crippen molar-refractivity contribution in [3.8, 4) is 5.75 Å². The monoisotopic (exact) mass is 526 g/mol. The Morgan fingerprint density at radius 1 is 1.03 bits per heavy atom. The molecule has 4 rings (SSSR count). The van der Waals surface area contributed by atoms with Crippen molar-refractivity contribution >= 4 is 68.4 Å². The number of benzene rings is 3. The molecular weight excluding hydrogens is 512 g/mol. The van der Waals surface area contributed by atoms with Crippen molar-refractivity contribution in [1.29, 1.82) is 0 Å². The summed E-state index contributed by atoms with van der Waals surface area (Å²) in [5.41, 5.74) is 2.17. The van der Waals surface area contributed by atoms with Crippen molar-refractivity contribution in [2.24, 2.45) is 0 Å². The standard InChI is InChI=1S/C24H16BrClN2O3S/c25-20-13-15(9-10-21(20)31-14-16-5-4-6-17(26)11-16)12-19-22(29)27-24(32)28(23(19)30)18-7-2-1-3-8-18/h1-13H,14H2,(H,27,29,32)/b19-12-. The fraction of sp³-hybridized carbons (Fsp3) is 0.0417. The Morgan fingerprint density at radius 3 is 2.53 bits per heavy atom. The Balaban J connectivity index is 1.56. The van der Waals surface area contributed by atoms with E-state index in [-0.39, 0.29) is 10.7 Å². The largest absolute Gasteiger partial charge is 0.488 e. The molecule has 0 spiro atoms. The Kier molecular flexibility index (Phi) is 6.69. The van der Waals surface area contributed by atoms with Crippen LogP contribution in [0.3, 0.4) is 0 Å². The molecule has 0 unspecified atom stereocenters. The molecule has 0 aromatic heterocycles. The molecule has 1 heterocycles. The lowest BCUT2D eigenvalue weighted by atomic mass is 10.1. The number of anilines is 1. The number of carbonyl (C=O) groups is 2. The number of nitrogens with zero attached hydrogens (tertiary/aromatic N) is 1. The van der Waals surface area contributed by atoms with E-state index in [1.54, 1.807) is 48.5 Å². The molecule has 2 amide bonds. The number of para-hydroxylation sites is 1. The molecule has 1 N–H and O–H groups in total. The first-order chi connectivity index (χ1) is 15.4. The van der Waals surface area contributed by atoms with Crippen molar-refractivity contribution in [1.82, 2.24) is 5.32 Å². The van der Waals surface area contributed by atoms with Crippen molar-refractivity contribution in [3.05, 3.63) is 99.0 Å². The van der Waals surface area contributed by atoms with Gasteiger partial charge in [-0.25, -0.2) is 0 Å². The summed E-state index contributed by atoms with van der Waals surface area (Å²) in [5.74, 6) is -0.398. The molecular formula is C24H16BrClN2O3S. The molecule has 160 valence electrons. The molecule has 0 aliphatic carbocycles. The average Bonchev–Trinajstić information content (AvgIpc) is 2.77. The van der Waals surface area contributed by atoms with Gasteiger partial charge in [0.05, 0.1) is 10.2 Å². The molecule has 8 heteroatoms. The molecule has 1 fully saturated rings. The molecule has 3 aromatic rings. The van der Waals surface area contributed by atoms with E-state index in [2.05, 4.69) is 21.2 Å². The molecule has 1 aliphatic heterocycles. The first-order valence-electron chi connectivity index (χ1n) is 9.55. The number of hydrogen-bond donors (Lipinski definition) is 1. The fourth-order valence-corrected chi connectivity index (χ4v) is 4.15. The minimum atomic E-state index is -0.537. The summed E-state index contributed by atoms with van der Waals surface area (Å²) in [4.78, 5) is 26.8. The summed E-state index contributed by atoms with van der Waals surface area (Å²) < 4.78 is 6.54. The fourth-order valence-electron chi connectivity index (χ4n) is 3.15. The van der Waals surface area contributed by atoms with E-state index in [9.17, 15) is 9.59 Å². The van der Waals surface area contributed by atoms with Crippen LogP contribution in [-0.2, 0) is 16.2 Å². The Morgan fingerprint density at radius 2 is 1.81 bits per heavy atom. The number of halogens is 2. The molecule has 0 radical (unpaired) electrons. The van der Waals surface area contributed by atoms with Gasteiger partial charge in [0.15, 0.2) is 5.11 Å². The molecule has 0 atom stereocenters. The lowest BCUT2D eigenvalue weighted by Crippen LogP contribution is -2.54. The molecule has 0 bridgehead atoms. The number of rotatable bonds is 5. The maximum absolute atomic E-state index is 13.1. The van der Waals surface area contributed by atoms with Gasteiger partial charge in [-0.15, -0.1) is 0 Å². The average molecular weight is 528 g/mol.